The van der Waals surface area contributed by atoms with Gasteiger partial charge in [0.15, 0.2) is 0 Å². The summed E-state index contributed by atoms with van der Waals surface area (Å²) in [5, 5.41) is 3.15. The summed E-state index contributed by atoms with van der Waals surface area (Å²) in [7, 11) is 0. The Labute approximate surface area is 73.7 Å². The van der Waals surface area contributed by atoms with Crippen molar-refractivity contribution in [2.75, 3.05) is 13.1 Å². The van der Waals surface area contributed by atoms with Gasteiger partial charge in [0, 0.05) is 19.3 Å². The number of nitrogens with one attached hydrogen (secondary N) is 1. The minimum absolute atomic E-state index is 0.365. The second kappa shape index (κ2) is 4.95. The molecule has 0 unspecified atom stereocenters. The van der Waals surface area contributed by atoms with Crippen LogP contribution in [0.1, 0.15) is 26.2 Å². The Morgan fingerprint density at radius 2 is 2.33 bits per heavy atom. The summed E-state index contributed by atoms with van der Waals surface area (Å²) >= 11 is 0. The summed E-state index contributed by atoms with van der Waals surface area (Å²) in [5.74, 6) is 6.66. The maximum absolute atomic E-state index is 11.2. The fourth-order valence-corrected chi connectivity index (χ4v) is 1.24. The van der Waals surface area contributed by atoms with Gasteiger partial charge in [-0.3, -0.25) is 4.79 Å². The molecule has 0 aliphatic carbocycles. The SMILES string of the molecule is CC#CCCC(=O)CC1CNC1. The molecule has 2 nitrogen and oxygen atoms in total. The predicted octanol–water partition coefficient (Wildman–Crippen LogP) is 0.968. The average Bonchev–Trinajstić information content (AvgIpc) is 1.98. The Morgan fingerprint density at radius 3 is 2.83 bits per heavy atom. The lowest BCUT2D eigenvalue weighted by Gasteiger charge is -2.26. The highest BCUT2D eigenvalue weighted by molar-refractivity contribution is 5.79. The number of carbonyl (C=O) groups is 1. The molecule has 1 heterocycles. The van der Waals surface area contributed by atoms with E-state index in [9.17, 15) is 4.79 Å². The minimum atomic E-state index is 0.365. The predicted molar refractivity (Wildman–Crippen MR) is 48.7 cm³/mol. The molecular formula is C10H15NO. The maximum Gasteiger partial charge on any atom is 0.134 e. The highest BCUT2D eigenvalue weighted by atomic mass is 16.1. The van der Waals surface area contributed by atoms with Crippen molar-refractivity contribution in [3.8, 4) is 11.8 Å². The molecule has 1 aliphatic heterocycles. The maximum atomic E-state index is 11.2. The van der Waals surface area contributed by atoms with Crippen LogP contribution in [0.25, 0.3) is 0 Å². The van der Waals surface area contributed by atoms with Crippen molar-refractivity contribution in [2.24, 2.45) is 5.92 Å². The molecule has 1 aliphatic rings. The molecule has 1 N–H and O–H groups in total. The van der Waals surface area contributed by atoms with Crippen LogP contribution in [0.4, 0.5) is 0 Å². The van der Waals surface area contributed by atoms with Crippen molar-refractivity contribution in [1.82, 2.24) is 5.32 Å². The van der Waals surface area contributed by atoms with Crippen molar-refractivity contribution in [3.63, 3.8) is 0 Å². The van der Waals surface area contributed by atoms with Crippen LogP contribution in [-0.4, -0.2) is 18.9 Å². The third kappa shape index (κ3) is 3.06. The first kappa shape index (κ1) is 9.28. The van der Waals surface area contributed by atoms with Crippen LogP contribution in [0.5, 0.6) is 0 Å². The summed E-state index contributed by atoms with van der Waals surface area (Å²) < 4.78 is 0. The van der Waals surface area contributed by atoms with Gasteiger partial charge >= 0.3 is 0 Å². The first-order valence-corrected chi connectivity index (χ1v) is 4.45. The number of hydrogen-bond acceptors (Lipinski definition) is 2. The van der Waals surface area contributed by atoms with Crippen LogP contribution in [0.3, 0.4) is 0 Å². The molecule has 0 saturated carbocycles. The highest BCUT2D eigenvalue weighted by Crippen LogP contribution is 2.10. The molecule has 0 bridgehead atoms. The van der Waals surface area contributed by atoms with Crippen molar-refractivity contribution >= 4 is 5.78 Å². The number of Topliss-reactive ketones (excluding diaryl/α,β-unsaturated/α-hetero) is 1. The molecule has 0 aromatic heterocycles. The normalized spacial score (nSPS) is 16.1. The van der Waals surface area contributed by atoms with Crippen LogP contribution < -0.4 is 5.32 Å². The van der Waals surface area contributed by atoms with E-state index in [1.807, 2.05) is 0 Å². The van der Waals surface area contributed by atoms with E-state index in [0.717, 1.165) is 25.9 Å². The molecular weight excluding hydrogens is 150 g/mol. The lowest BCUT2D eigenvalue weighted by atomic mass is 9.95. The average molecular weight is 165 g/mol. The van der Waals surface area contributed by atoms with Crippen LogP contribution in [0, 0.1) is 17.8 Å². The molecule has 0 spiro atoms. The van der Waals surface area contributed by atoms with Crippen LogP contribution in [0.2, 0.25) is 0 Å². The topological polar surface area (TPSA) is 29.1 Å². The summed E-state index contributed by atoms with van der Waals surface area (Å²) in [4.78, 5) is 11.2. The highest BCUT2D eigenvalue weighted by Gasteiger charge is 2.19. The van der Waals surface area contributed by atoms with Gasteiger partial charge in [-0.1, -0.05) is 0 Å². The monoisotopic (exact) mass is 165 g/mol. The summed E-state index contributed by atoms with van der Waals surface area (Å²) in [5.41, 5.74) is 0. The molecule has 2 heteroatoms. The van der Waals surface area contributed by atoms with Crippen LogP contribution in [-0.2, 0) is 4.79 Å². The molecule has 0 atom stereocenters. The Bertz CT molecular complexity index is 208. The van der Waals surface area contributed by atoms with Crippen molar-refractivity contribution in [3.05, 3.63) is 0 Å². The van der Waals surface area contributed by atoms with Crippen molar-refractivity contribution < 1.29 is 4.79 Å². The summed E-state index contributed by atoms with van der Waals surface area (Å²) in [6.07, 6.45) is 2.12. The standard InChI is InChI=1S/C10H15NO/c1-2-3-4-5-10(12)6-9-7-11-8-9/h9,11H,4-8H2,1H3. The zero-order chi connectivity index (χ0) is 8.81. The van der Waals surface area contributed by atoms with Gasteiger partial charge in [0.1, 0.15) is 5.78 Å². The lowest BCUT2D eigenvalue weighted by molar-refractivity contribution is -0.120. The van der Waals surface area contributed by atoms with Crippen molar-refractivity contribution in [1.29, 1.82) is 0 Å². The van der Waals surface area contributed by atoms with Gasteiger partial charge in [0.2, 0.25) is 0 Å². The van der Waals surface area contributed by atoms with Gasteiger partial charge in [-0.2, -0.15) is 0 Å². The second-order valence-electron chi connectivity index (χ2n) is 3.19. The van der Waals surface area contributed by atoms with E-state index in [2.05, 4.69) is 17.2 Å². The van der Waals surface area contributed by atoms with Crippen LogP contribution in [0.15, 0.2) is 0 Å². The Hall–Kier alpha value is -0.810. The van der Waals surface area contributed by atoms with Crippen molar-refractivity contribution in [2.45, 2.75) is 26.2 Å². The summed E-state index contributed by atoms with van der Waals surface area (Å²) in [6.45, 7) is 3.84. The molecule has 66 valence electrons. The second-order valence-corrected chi connectivity index (χ2v) is 3.19. The first-order chi connectivity index (χ1) is 5.83. The smallest absolute Gasteiger partial charge is 0.134 e. The fourth-order valence-electron chi connectivity index (χ4n) is 1.24. The van der Waals surface area contributed by atoms with E-state index >= 15 is 0 Å². The molecule has 0 amide bonds. The van der Waals surface area contributed by atoms with E-state index in [0.29, 0.717) is 18.1 Å². The van der Waals surface area contributed by atoms with E-state index in [1.165, 1.54) is 0 Å². The summed E-state index contributed by atoms with van der Waals surface area (Å²) in [6, 6.07) is 0. The van der Waals surface area contributed by atoms with Gasteiger partial charge in [0.25, 0.3) is 0 Å². The fraction of sp³-hybridized carbons (Fsp3) is 0.700. The quantitative estimate of drug-likeness (QED) is 0.629. The number of carbonyl (C=O) groups excluding carboxylic acids is 1. The van der Waals surface area contributed by atoms with E-state index < -0.39 is 0 Å². The largest absolute Gasteiger partial charge is 0.316 e. The van der Waals surface area contributed by atoms with E-state index in [1.54, 1.807) is 6.92 Å². The molecule has 1 rings (SSSR count). The van der Waals surface area contributed by atoms with E-state index in [4.69, 9.17) is 0 Å². The van der Waals surface area contributed by atoms with Gasteiger partial charge in [-0.15, -0.1) is 11.8 Å². The molecule has 1 fully saturated rings. The number of hydrogen-bond donors (Lipinski definition) is 1. The Kier molecular flexibility index (Phi) is 3.83. The molecule has 12 heavy (non-hydrogen) atoms. The zero-order valence-corrected chi connectivity index (χ0v) is 7.52. The molecule has 0 aromatic rings. The first-order valence-electron chi connectivity index (χ1n) is 4.45. The molecule has 1 saturated heterocycles. The van der Waals surface area contributed by atoms with Gasteiger partial charge in [-0.05, 0) is 25.9 Å². The van der Waals surface area contributed by atoms with Gasteiger partial charge in [-0.25, -0.2) is 0 Å². The molecule has 0 radical (unpaired) electrons. The third-order valence-electron chi connectivity index (χ3n) is 2.09. The molecule has 0 aromatic carbocycles. The number of ketones is 1. The minimum Gasteiger partial charge on any atom is -0.316 e. The Morgan fingerprint density at radius 1 is 1.58 bits per heavy atom. The number of rotatable bonds is 4. The zero-order valence-electron chi connectivity index (χ0n) is 7.52. The van der Waals surface area contributed by atoms with E-state index in [-0.39, 0.29) is 0 Å². The van der Waals surface area contributed by atoms with Crippen LogP contribution >= 0.6 is 0 Å². The third-order valence-corrected chi connectivity index (χ3v) is 2.09. The Balaban J connectivity index is 2.05. The van der Waals surface area contributed by atoms with Gasteiger partial charge in [0.05, 0.1) is 0 Å². The lowest BCUT2D eigenvalue weighted by Crippen LogP contribution is -2.42. The van der Waals surface area contributed by atoms with Gasteiger partial charge < -0.3 is 5.32 Å².